The predicted octanol–water partition coefficient (Wildman–Crippen LogP) is 0.538. The molecule has 0 spiro atoms. The third kappa shape index (κ3) is 5.66. The molecular formula is C6H13NO. The van der Waals surface area contributed by atoms with Crippen LogP contribution in [-0.4, -0.2) is 20.3 Å². The predicted molar refractivity (Wildman–Crippen MR) is 34.7 cm³/mol. The first-order valence-electron chi connectivity index (χ1n) is 2.76. The van der Waals surface area contributed by atoms with Crippen molar-refractivity contribution >= 4 is 0 Å². The number of hydrogen-bond donors (Lipinski definition) is 1. The van der Waals surface area contributed by atoms with Gasteiger partial charge in [-0.1, -0.05) is 12.2 Å². The number of rotatable bonds is 4. The maximum absolute atomic E-state index is 5.22. The average Bonchev–Trinajstić information content (AvgIpc) is 1.81. The number of methoxy groups -OCH3 is 1. The Balaban J connectivity index is 2.83. The minimum Gasteiger partial charge on any atom is -0.381 e. The minimum absolute atomic E-state index is 0.694. The molecule has 2 nitrogen and oxygen atoms in total. The van der Waals surface area contributed by atoms with E-state index < -0.39 is 0 Å². The molecule has 0 unspecified atom stereocenters. The molecule has 0 saturated heterocycles. The molecule has 8 heavy (non-hydrogen) atoms. The van der Waals surface area contributed by atoms with Crippen molar-refractivity contribution in [1.82, 2.24) is 0 Å². The van der Waals surface area contributed by atoms with Gasteiger partial charge in [0.1, 0.15) is 0 Å². The second-order valence-corrected chi connectivity index (χ2v) is 1.50. The SMILES string of the molecule is COCC=CCCN. The van der Waals surface area contributed by atoms with E-state index in [-0.39, 0.29) is 0 Å². The van der Waals surface area contributed by atoms with Gasteiger partial charge in [0, 0.05) is 7.11 Å². The van der Waals surface area contributed by atoms with Crippen LogP contribution in [0, 0.1) is 0 Å². The molecule has 0 bridgehead atoms. The first kappa shape index (κ1) is 7.66. The molecule has 0 fully saturated rings. The van der Waals surface area contributed by atoms with Crippen molar-refractivity contribution < 1.29 is 4.74 Å². The van der Waals surface area contributed by atoms with Gasteiger partial charge in [-0.05, 0) is 13.0 Å². The fourth-order valence-electron chi connectivity index (χ4n) is 0.378. The summed E-state index contributed by atoms with van der Waals surface area (Å²) in [5, 5.41) is 0. The summed E-state index contributed by atoms with van der Waals surface area (Å²) in [5.74, 6) is 0. The quantitative estimate of drug-likeness (QED) is 0.543. The zero-order valence-electron chi connectivity index (χ0n) is 5.26. The summed E-state index contributed by atoms with van der Waals surface area (Å²) in [5.41, 5.74) is 5.22. The van der Waals surface area contributed by atoms with E-state index >= 15 is 0 Å². The summed E-state index contributed by atoms with van der Waals surface area (Å²) < 4.78 is 4.76. The molecule has 2 N–H and O–H groups in total. The van der Waals surface area contributed by atoms with Crippen LogP contribution in [0.3, 0.4) is 0 Å². The van der Waals surface area contributed by atoms with Gasteiger partial charge < -0.3 is 10.5 Å². The van der Waals surface area contributed by atoms with Crippen LogP contribution in [0.4, 0.5) is 0 Å². The van der Waals surface area contributed by atoms with Crippen LogP contribution in [0.2, 0.25) is 0 Å². The fraction of sp³-hybridized carbons (Fsp3) is 0.667. The molecule has 0 rings (SSSR count). The van der Waals surface area contributed by atoms with E-state index in [1.807, 2.05) is 12.2 Å². The molecule has 48 valence electrons. The van der Waals surface area contributed by atoms with Crippen molar-refractivity contribution in [3.8, 4) is 0 Å². The van der Waals surface area contributed by atoms with Crippen molar-refractivity contribution in [3.05, 3.63) is 12.2 Å². The maximum Gasteiger partial charge on any atom is 0.0643 e. The summed E-state index contributed by atoms with van der Waals surface area (Å²) in [6.45, 7) is 1.42. The fourth-order valence-corrected chi connectivity index (χ4v) is 0.378. The zero-order chi connectivity index (χ0) is 6.24. The van der Waals surface area contributed by atoms with E-state index in [9.17, 15) is 0 Å². The van der Waals surface area contributed by atoms with Gasteiger partial charge in [0.2, 0.25) is 0 Å². The summed E-state index contributed by atoms with van der Waals surface area (Å²) >= 11 is 0. The lowest BCUT2D eigenvalue weighted by Crippen LogP contribution is -1.95. The van der Waals surface area contributed by atoms with Gasteiger partial charge in [-0.15, -0.1) is 0 Å². The highest BCUT2D eigenvalue weighted by molar-refractivity contribution is 4.81. The van der Waals surface area contributed by atoms with Crippen LogP contribution in [-0.2, 0) is 4.74 Å². The Bertz CT molecular complexity index is 53.5. The molecular weight excluding hydrogens is 102 g/mol. The highest BCUT2D eigenvalue weighted by Gasteiger charge is 1.71. The van der Waals surface area contributed by atoms with E-state index in [2.05, 4.69) is 0 Å². The third-order valence-electron chi connectivity index (χ3n) is 0.763. The molecule has 0 radical (unpaired) electrons. The molecule has 0 amide bonds. The van der Waals surface area contributed by atoms with Gasteiger partial charge in [-0.2, -0.15) is 0 Å². The van der Waals surface area contributed by atoms with Gasteiger partial charge in [-0.25, -0.2) is 0 Å². The van der Waals surface area contributed by atoms with E-state index in [0.717, 1.165) is 13.0 Å². The Kier molecular flexibility index (Phi) is 6.38. The van der Waals surface area contributed by atoms with Crippen molar-refractivity contribution in [2.24, 2.45) is 5.73 Å². The monoisotopic (exact) mass is 115 g/mol. The van der Waals surface area contributed by atoms with Gasteiger partial charge in [0.05, 0.1) is 6.61 Å². The standard InChI is InChI=1S/C6H13NO/c1-8-6-4-2-3-5-7/h2,4H,3,5-7H2,1H3. The van der Waals surface area contributed by atoms with Crippen LogP contribution in [0.5, 0.6) is 0 Å². The van der Waals surface area contributed by atoms with Crippen LogP contribution < -0.4 is 5.73 Å². The van der Waals surface area contributed by atoms with Gasteiger partial charge in [0.25, 0.3) is 0 Å². The van der Waals surface area contributed by atoms with Crippen LogP contribution >= 0.6 is 0 Å². The average molecular weight is 115 g/mol. The lowest BCUT2D eigenvalue weighted by atomic mass is 10.4. The molecule has 2 heteroatoms. The second kappa shape index (κ2) is 6.66. The lowest BCUT2D eigenvalue weighted by molar-refractivity contribution is 0.233. The summed E-state index contributed by atoms with van der Waals surface area (Å²) in [4.78, 5) is 0. The van der Waals surface area contributed by atoms with Gasteiger partial charge >= 0.3 is 0 Å². The first-order chi connectivity index (χ1) is 3.91. The minimum atomic E-state index is 0.694. The lowest BCUT2D eigenvalue weighted by Gasteiger charge is -1.86. The Morgan fingerprint density at radius 3 is 2.75 bits per heavy atom. The topological polar surface area (TPSA) is 35.2 Å². The van der Waals surface area contributed by atoms with Crippen LogP contribution in [0.1, 0.15) is 6.42 Å². The third-order valence-corrected chi connectivity index (χ3v) is 0.763. The van der Waals surface area contributed by atoms with E-state index in [0.29, 0.717) is 6.61 Å². The number of hydrogen-bond acceptors (Lipinski definition) is 2. The van der Waals surface area contributed by atoms with Crippen LogP contribution in [0.15, 0.2) is 12.2 Å². The summed E-state index contributed by atoms with van der Waals surface area (Å²) in [6.07, 6.45) is 4.93. The maximum atomic E-state index is 5.22. The van der Waals surface area contributed by atoms with Crippen molar-refractivity contribution in [2.45, 2.75) is 6.42 Å². The molecule has 0 aromatic heterocycles. The Labute approximate surface area is 50.3 Å². The molecule has 0 aromatic carbocycles. The highest BCUT2D eigenvalue weighted by atomic mass is 16.5. The molecule has 0 aromatic rings. The second-order valence-electron chi connectivity index (χ2n) is 1.50. The van der Waals surface area contributed by atoms with E-state index in [4.69, 9.17) is 10.5 Å². The summed E-state index contributed by atoms with van der Waals surface area (Å²) in [7, 11) is 1.67. The number of nitrogens with two attached hydrogens (primary N) is 1. The Morgan fingerprint density at radius 1 is 1.50 bits per heavy atom. The molecule has 0 saturated carbocycles. The van der Waals surface area contributed by atoms with Gasteiger partial charge in [0.15, 0.2) is 0 Å². The van der Waals surface area contributed by atoms with E-state index in [1.54, 1.807) is 7.11 Å². The van der Waals surface area contributed by atoms with E-state index in [1.165, 1.54) is 0 Å². The summed E-state index contributed by atoms with van der Waals surface area (Å²) in [6, 6.07) is 0. The Hall–Kier alpha value is -0.340. The molecule has 0 heterocycles. The molecule has 0 aliphatic heterocycles. The normalized spacial score (nSPS) is 10.8. The van der Waals surface area contributed by atoms with Gasteiger partial charge in [-0.3, -0.25) is 0 Å². The largest absolute Gasteiger partial charge is 0.381 e. The van der Waals surface area contributed by atoms with Crippen molar-refractivity contribution in [2.75, 3.05) is 20.3 Å². The molecule has 0 aliphatic carbocycles. The molecule has 0 atom stereocenters. The first-order valence-corrected chi connectivity index (χ1v) is 2.76. The van der Waals surface area contributed by atoms with Crippen molar-refractivity contribution in [1.29, 1.82) is 0 Å². The Morgan fingerprint density at radius 2 is 2.25 bits per heavy atom. The number of ether oxygens (including phenoxy) is 1. The molecule has 0 aliphatic rings. The highest BCUT2D eigenvalue weighted by Crippen LogP contribution is 1.78. The van der Waals surface area contributed by atoms with Crippen molar-refractivity contribution in [3.63, 3.8) is 0 Å². The van der Waals surface area contributed by atoms with Crippen LogP contribution in [0.25, 0.3) is 0 Å². The zero-order valence-corrected chi connectivity index (χ0v) is 5.26. The smallest absolute Gasteiger partial charge is 0.0643 e.